The number of hydrogen-bond donors (Lipinski definition) is 1. The van der Waals surface area contributed by atoms with Crippen LogP contribution in [0, 0.1) is 0 Å². The van der Waals surface area contributed by atoms with Gasteiger partial charge in [0, 0.05) is 23.4 Å². The third-order valence-corrected chi connectivity index (χ3v) is 2.92. The molecule has 0 amide bonds. The van der Waals surface area contributed by atoms with Crippen LogP contribution in [0.5, 0.6) is 0 Å². The van der Waals surface area contributed by atoms with Gasteiger partial charge >= 0.3 is 0 Å². The van der Waals surface area contributed by atoms with Crippen molar-refractivity contribution in [2.75, 3.05) is 6.54 Å². The zero-order chi connectivity index (χ0) is 11.4. The lowest BCUT2D eigenvalue weighted by Crippen LogP contribution is -2.15. The van der Waals surface area contributed by atoms with Gasteiger partial charge in [-0.05, 0) is 26.2 Å². The Labute approximate surface area is 96.4 Å². The van der Waals surface area contributed by atoms with Gasteiger partial charge in [-0.3, -0.25) is 4.79 Å². The first-order chi connectivity index (χ1) is 7.83. The molecule has 84 valence electrons. The van der Waals surface area contributed by atoms with Crippen molar-refractivity contribution in [3.05, 3.63) is 47.2 Å². The molecule has 0 aromatic heterocycles. The smallest absolute Gasteiger partial charge is 0.190 e. The van der Waals surface area contributed by atoms with Crippen molar-refractivity contribution in [3.8, 4) is 0 Å². The lowest BCUT2D eigenvalue weighted by molar-refractivity contribution is 0.103. The van der Waals surface area contributed by atoms with Gasteiger partial charge in [0.05, 0.1) is 0 Å². The monoisotopic (exact) mass is 215 g/mol. The lowest BCUT2D eigenvalue weighted by atomic mass is 10.0. The maximum Gasteiger partial charge on any atom is 0.190 e. The third kappa shape index (κ3) is 2.16. The van der Waals surface area contributed by atoms with E-state index in [0.717, 1.165) is 42.6 Å². The Morgan fingerprint density at radius 2 is 2.00 bits per heavy atom. The second-order valence-electron chi connectivity index (χ2n) is 4.04. The summed E-state index contributed by atoms with van der Waals surface area (Å²) in [6, 6.07) is 9.53. The maximum atomic E-state index is 12.2. The molecule has 0 heterocycles. The molecule has 2 heteroatoms. The van der Waals surface area contributed by atoms with Crippen molar-refractivity contribution >= 4 is 5.78 Å². The number of nitrogens with one attached hydrogen (secondary N) is 1. The van der Waals surface area contributed by atoms with Crippen molar-refractivity contribution in [1.29, 1.82) is 0 Å². The molecule has 0 bridgehead atoms. The van der Waals surface area contributed by atoms with Crippen LogP contribution in [0.3, 0.4) is 0 Å². The Balaban J connectivity index is 2.24. The maximum absolute atomic E-state index is 12.2. The zero-order valence-corrected chi connectivity index (χ0v) is 9.62. The molecular formula is C14H17NO. The minimum absolute atomic E-state index is 0.189. The fraction of sp³-hybridized carbons (Fsp3) is 0.357. The molecular weight excluding hydrogens is 198 g/mol. The Kier molecular flexibility index (Phi) is 3.40. The van der Waals surface area contributed by atoms with E-state index in [-0.39, 0.29) is 5.78 Å². The number of carbonyl (C=O) groups excluding carboxylic acids is 1. The van der Waals surface area contributed by atoms with E-state index in [2.05, 4.69) is 12.2 Å². The standard InChI is InChI=1S/C14H17NO/c1-2-15-13-10-6-9-12(13)14(16)11-7-4-3-5-8-11/h3-5,7-8,15H,2,6,9-10H2,1H3. The number of carbonyl (C=O) groups is 1. The summed E-state index contributed by atoms with van der Waals surface area (Å²) in [7, 11) is 0. The molecule has 0 radical (unpaired) electrons. The molecule has 1 N–H and O–H groups in total. The summed E-state index contributed by atoms with van der Waals surface area (Å²) < 4.78 is 0. The van der Waals surface area contributed by atoms with Gasteiger partial charge in [-0.15, -0.1) is 0 Å². The van der Waals surface area contributed by atoms with Crippen LogP contribution < -0.4 is 5.32 Å². The largest absolute Gasteiger partial charge is 0.388 e. The highest BCUT2D eigenvalue weighted by molar-refractivity contribution is 6.09. The van der Waals surface area contributed by atoms with Crippen LogP contribution in [-0.2, 0) is 0 Å². The Hall–Kier alpha value is -1.57. The quantitative estimate of drug-likeness (QED) is 0.782. The molecule has 0 atom stereocenters. The van der Waals surface area contributed by atoms with Crippen LogP contribution in [-0.4, -0.2) is 12.3 Å². The van der Waals surface area contributed by atoms with Gasteiger partial charge in [-0.1, -0.05) is 30.3 Å². The van der Waals surface area contributed by atoms with Crippen LogP contribution in [0.15, 0.2) is 41.6 Å². The van der Waals surface area contributed by atoms with Crippen molar-refractivity contribution in [3.63, 3.8) is 0 Å². The predicted molar refractivity (Wildman–Crippen MR) is 65.3 cm³/mol. The molecule has 2 nitrogen and oxygen atoms in total. The van der Waals surface area contributed by atoms with E-state index in [1.807, 2.05) is 30.3 Å². The van der Waals surface area contributed by atoms with Gasteiger partial charge in [0.15, 0.2) is 5.78 Å². The molecule has 1 aromatic carbocycles. The van der Waals surface area contributed by atoms with Crippen molar-refractivity contribution < 1.29 is 4.79 Å². The molecule has 0 saturated heterocycles. The van der Waals surface area contributed by atoms with E-state index in [4.69, 9.17) is 0 Å². The second kappa shape index (κ2) is 4.97. The number of rotatable bonds is 4. The SMILES string of the molecule is CCNC1=C(C(=O)c2ccccc2)CCC1. The molecule has 0 unspecified atom stereocenters. The van der Waals surface area contributed by atoms with Gasteiger partial charge in [0.1, 0.15) is 0 Å². The van der Waals surface area contributed by atoms with Crippen LogP contribution in [0.4, 0.5) is 0 Å². The molecule has 0 spiro atoms. The predicted octanol–water partition coefficient (Wildman–Crippen LogP) is 2.92. The number of Topliss-reactive ketones (excluding diaryl/α,β-unsaturated/α-hetero) is 1. The van der Waals surface area contributed by atoms with E-state index in [9.17, 15) is 4.79 Å². The van der Waals surface area contributed by atoms with E-state index in [1.54, 1.807) is 0 Å². The highest BCUT2D eigenvalue weighted by atomic mass is 16.1. The van der Waals surface area contributed by atoms with E-state index >= 15 is 0 Å². The summed E-state index contributed by atoms with van der Waals surface area (Å²) in [5, 5.41) is 3.30. The minimum Gasteiger partial charge on any atom is -0.388 e. The Morgan fingerprint density at radius 3 is 2.69 bits per heavy atom. The van der Waals surface area contributed by atoms with Gasteiger partial charge in [-0.25, -0.2) is 0 Å². The number of hydrogen-bond acceptors (Lipinski definition) is 2. The molecule has 0 fully saturated rings. The number of ketones is 1. The van der Waals surface area contributed by atoms with Crippen molar-refractivity contribution in [2.45, 2.75) is 26.2 Å². The van der Waals surface area contributed by atoms with Crippen LogP contribution in [0.2, 0.25) is 0 Å². The average Bonchev–Trinajstić information content (AvgIpc) is 2.78. The van der Waals surface area contributed by atoms with Gasteiger partial charge < -0.3 is 5.32 Å². The first-order valence-corrected chi connectivity index (χ1v) is 5.88. The van der Waals surface area contributed by atoms with Crippen LogP contribution in [0.1, 0.15) is 36.5 Å². The summed E-state index contributed by atoms with van der Waals surface area (Å²) in [5.41, 5.74) is 2.93. The third-order valence-electron chi connectivity index (χ3n) is 2.92. The minimum atomic E-state index is 0.189. The molecule has 0 aliphatic heterocycles. The number of benzene rings is 1. The fourth-order valence-electron chi connectivity index (χ4n) is 2.17. The lowest BCUT2D eigenvalue weighted by Gasteiger charge is -2.07. The average molecular weight is 215 g/mol. The fourth-order valence-corrected chi connectivity index (χ4v) is 2.17. The van der Waals surface area contributed by atoms with Gasteiger partial charge in [0.25, 0.3) is 0 Å². The topological polar surface area (TPSA) is 29.1 Å². The first kappa shape index (κ1) is 10.9. The van der Waals surface area contributed by atoms with Crippen molar-refractivity contribution in [1.82, 2.24) is 5.32 Å². The van der Waals surface area contributed by atoms with Crippen LogP contribution in [0.25, 0.3) is 0 Å². The normalized spacial score (nSPS) is 15.3. The van der Waals surface area contributed by atoms with Crippen molar-refractivity contribution in [2.24, 2.45) is 0 Å². The molecule has 1 aliphatic rings. The Morgan fingerprint density at radius 1 is 1.25 bits per heavy atom. The summed E-state index contributed by atoms with van der Waals surface area (Å²) in [6.45, 7) is 2.96. The van der Waals surface area contributed by atoms with E-state index in [0.29, 0.717) is 0 Å². The van der Waals surface area contributed by atoms with E-state index in [1.165, 1.54) is 0 Å². The van der Waals surface area contributed by atoms with Gasteiger partial charge in [0.2, 0.25) is 0 Å². The molecule has 1 aliphatic carbocycles. The summed E-state index contributed by atoms with van der Waals surface area (Å²) >= 11 is 0. The summed E-state index contributed by atoms with van der Waals surface area (Å²) in [5.74, 6) is 0.189. The van der Waals surface area contributed by atoms with Gasteiger partial charge in [-0.2, -0.15) is 0 Å². The molecule has 1 aromatic rings. The summed E-state index contributed by atoms with van der Waals surface area (Å²) in [6.07, 6.45) is 3.02. The second-order valence-corrected chi connectivity index (χ2v) is 4.04. The highest BCUT2D eigenvalue weighted by Crippen LogP contribution is 2.26. The number of allylic oxidation sites excluding steroid dienone is 2. The zero-order valence-electron chi connectivity index (χ0n) is 9.62. The van der Waals surface area contributed by atoms with E-state index < -0.39 is 0 Å². The molecule has 16 heavy (non-hydrogen) atoms. The highest BCUT2D eigenvalue weighted by Gasteiger charge is 2.21. The molecule has 2 rings (SSSR count). The molecule has 0 saturated carbocycles. The first-order valence-electron chi connectivity index (χ1n) is 5.88. The van der Waals surface area contributed by atoms with Crippen LogP contribution >= 0.6 is 0 Å². The Bertz CT molecular complexity index is 406. The summed E-state index contributed by atoms with van der Waals surface area (Å²) in [4.78, 5) is 12.2.